The minimum Gasteiger partial charge on any atom is -0.294 e. The molecule has 1 aromatic rings. The Labute approximate surface area is 110 Å². The summed E-state index contributed by atoms with van der Waals surface area (Å²) >= 11 is 0. The van der Waals surface area contributed by atoms with Crippen LogP contribution in [0.1, 0.15) is 55.3 Å². The van der Waals surface area contributed by atoms with Crippen LogP contribution in [-0.4, -0.2) is 5.78 Å². The summed E-state index contributed by atoms with van der Waals surface area (Å²) in [5, 5.41) is 0. The predicted octanol–water partition coefficient (Wildman–Crippen LogP) is 4.65. The van der Waals surface area contributed by atoms with E-state index in [1.807, 2.05) is 0 Å². The highest BCUT2D eigenvalue weighted by Gasteiger charge is 2.20. The zero-order valence-electron chi connectivity index (χ0n) is 10.7. The third kappa shape index (κ3) is 3.37. The largest absolute Gasteiger partial charge is 0.294 e. The van der Waals surface area contributed by atoms with Gasteiger partial charge in [0.05, 0.1) is 5.56 Å². The van der Waals surface area contributed by atoms with Crippen LogP contribution in [0.3, 0.4) is 0 Å². The van der Waals surface area contributed by atoms with E-state index in [0.29, 0.717) is 12.3 Å². The van der Waals surface area contributed by atoms with Gasteiger partial charge in [0, 0.05) is 6.42 Å². The zero-order chi connectivity index (χ0) is 13.8. The molecule has 0 unspecified atom stereocenters. The lowest BCUT2D eigenvalue weighted by molar-refractivity contribution is 0.0965. The SMILES string of the molecule is O=C(CCC1CCCCC1)c1ccc(F)c(F)c1F. The molecule has 0 aromatic heterocycles. The van der Waals surface area contributed by atoms with Crippen LogP contribution in [0.25, 0.3) is 0 Å². The van der Waals surface area contributed by atoms with E-state index in [1.165, 1.54) is 19.3 Å². The van der Waals surface area contributed by atoms with E-state index in [-0.39, 0.29) is 12.0 Å². The number of ketones is 1. The van der Waals surface area contributed by atoms with Crippen molar-refractivity contribution in [3.8, 4) is 0 Å². The Morgan fingerprint density at radius 3 is 2.42 bits per heavy atom. The Balaban J connectivity index is 1.98. The summed E-state index contributed by atoms with van der Waals surface area (Å²) in [4.78, 5) is 11.8. The van der Waals surface area contributed by atoms with Crippen molar-refractivity contribution < 1.29 is 18.0 Å². The van der Waals surface area contributed by atoms with E-state index in [4.69, 9.17) is 0 Å². The monoisotopic (exact) mass is 270 g/mol. The van der Waals surface area contributed by atoms with Gasteiger partial charge in [0.25, 0.3) is 0 Å². The maximum atomic E-state index is 13.4. The van der Waals surface area contributed by atoms with Gasteiger partial charge in [-0.15, -0.1) is 0 Å². The molecule has 0 heterocycles. The molecule has 19 heavy (non-hydrogen) atoms. The van der Waals surface area contributed by atoms with Crippen LogP contribution in [0.15, 0.2) is 12.1 Å². The van der Waals surface area contributed by atoms with Crippen molar-refractivity contribution in [1.29, 1.82) is 0 Å². The quantitative estimate of drug-likeness (QED) is 0.575. The lowest BCUT2D eigenvalue weighted by Gasteiger charge is -2.20. The second-order valence-electron chi connectivity index (χ2n) is 5.19. The van der Waals surface area contributed by atoms with Gasteiger partial charge in [0.1, 0.15) is 0 Å². The summed E-state index contributed by atoms with van der Waals surface area (Å²) in [6.07, 6.45) is 6.71. The first-order valence-electron chi connectivity index (χ1n) is 6.76. The lowest BCUT2D eigenvalue weighted by atomic mass is 9.85. The molecule has 104 valence electrons. The smallest absolute Gasteiger partial charge is 0.195 e. The second kappa shape index (κ2) is 6.22. The average Bonchev–Trinajstić information content (AvgIpc) is 2.43. The minimum absolute atomic E-state index is 0.201. The summed E-state index contributed by atoms with van der Waals surface area (Å²) in [6, 6.07) is 1.82. The van der Waals surface area contributed by atoms with Gasteiger partial charge in [-0.05, 0) is 24.5 Å². The van der Waals surface area contributed by atoms with Crippen LogP contribution in [0, 0.1) is 23.4 Å². The summed E-state index contributed by atoms with van der Waals surface area (Å²) in [5.74, 6) is -4.13. The molecule has 0 N–H and O–H groups in total. The number of rotatable bonds is 4. The van der Waals surface area contributed by atoms with Gasteiger partial charge >= 0.3 is 0 Å². The molecule has 1 aliphatic carbocycles. The molecule has 0 bridgehead atoms. The Kier molecular flexibility index (Phi) is 4.61. The van der Waals surface area contributed by atoms with Gasteiger partial charge in [-0.25, -0.2) is 13.2 Å². The maximum absolute atomic E-state index is 13.4. The Morgan fingerprint density at radius 2 is 1.74 bits per heavy atom. The molecule has 0 aliphatic heterocycles. The van der Waals surface area contributed by atoms with Crippen LogP contribution in [0.5, 0.6) is 0 Å². The molecule has 1 aliphatic rings. The number of carbonyl (C=O) groups excluding carboxylic acids is 1. The van der Waals surface area contributed by atoms with Crippen molar-refractivity contribution in [2.45, 2.75) is 44.9 Å². The first-order valence-corrected chi connectivity index (χ1v) is 6.76. The normalized spacial score (nSPS) is 16.6. The molecular weight excluding hydrogens is 253 g/mol. The highest BCUT2D eigenvalue weighted by atomic mass is 19.2. The van der Waals surface area contributed by atoms with E-state index in [1.54, 1.807) is 0 Å². The average molecular weight is 270 g/mol. The summed E-state index contributed by atoms with van der Waals surface area (Å²) in [6.45, 7) is 0. The van der Waals surface area contributed by atoms with Gasteiger partial charge < -0.3 is 0 Å². The molecule has 0 atom stereocenters. The van der Waals surface area contributed by atoms with Crippen molar-refractivity contribution in [2.75, 3.05) is 0 Å². The summed E-state index contributed by atoms with van der Waals surface area (Å²) in [5.41, 5.74) is -0.338. The molecule has 1 fully saturated rings. The first-order chi connectivity index (χ1) is 9.09. The Bertz CT molecular complexity index is 465. The topological polar surface area (TPSA) is 17.1 Å². The number of Topliss-reactive ketones (excluding diaryl/α,β-unsaturated/α-hetero) is 1. The van der Waals surface area contributed by atoms with E-state index in [9.17, 15) is 18.0 Å². The van der Waals surface area contributed by atoms with Crippen molar-refractivity contribution >= 4 is 5.78 Å². The van der Waals surface area contributed by atoms with Crippen LogP contribution < -0.4 is 0 Å². The molecule has 0 spiro atoms. The van der Waals surface area contributed by atoms with Gasteiger partial charge in [-0.1, -0.05) is 32.1 Å². The van der Waals surface area contributed by atoms with Gasteiger partial charge in [-0.3, -0.25) is 4.79 Å². The van der Waals surface area contributed by atoms with Gasteiger partial charge in [-0.2, -0.15) is 0 Å². The Morgan fingerprint density at radius 1 is 1.05 bits per heavy atom. The predicted molar refractivity (Wildman–Crippen MR) is 66.5 cm³/mol. The molecule has 2 rings (SSSR count). The number of carbonyl (C=O) groups is 1. The molecule has 1 aromatic carbocycles. The van der Waals surface area contributed by atoms with Crippen molar-refractivity contribution in [1.82, 2.24) is 0 Å². The molecule has 1 nitrogen and oxygen atoms in total. The van der Waals surface area contributed by atoms with E-state index in [2.05, 4.69) is 0 Å². The van der Waals surface area contributed by atoms with Gasteiger partial charge in [0.2, 0.25) is 0 Å². The minimum atomic E-state index is -1.57. The Hall–Kier alpha value is -1.32. The molecular formula is C15H17F3O. The first kappa shape index (κ1) is 14.1. The van der Waals surface area contributed by atoms with Crippen molar-refractivity contribution in [3.63, 3.8) is 0 Å². The van der Waals surface area contributed by atoms with E-state index >= 15 is 0 Å². The highest BCUT2D eigenvalue weighted by Crippen LogP contribution is 2.28. The summed E-state index contributed by atoms with van der Waals surface area (Å²) < 4.78 is 39.3. The molecule has 0 saturated heterocycles. The van der Waals surface area contributed by atoms with Crippen LogP contribution in [-0.2, 0) is 0 Å². The van der Waals surface area contributed by atoms with Crippen molar-refractivity contribution in [2.24, 2.45) is 5.92 Å². The molecule has 0 radical (unpaired) electrons. The summed E-state index contributed by atoms with van der Waals surface area (Å²) in [7, 11) is 0. The standard InChI is InChI=1S/C15H17F3O/c16-12-8-7-11(14(17)15(12)18)13(19)9-6-10-4-2-1-3-5-10/h7-8,10H,1-6,9H2. The van der Waals surface area contributed by atoms with E-state index < -0.39 is 23.2 Å². The third-order valence-corrected chi connectivity index (χ3v) is 3.84. The van der Waals surface area contributed by atoms with Gasteiger partial charge in [0.15, 0.2) is 23.2 Å². The number of halogens is 3. The number of hydrogen-bond donors (Lipinski definition) is 0. The fourth-order valence-electron chi connectivity index (χ4n) is 2.69. The highest BCUT2D eigenvalue weighted by molar-refractivity contribution is 5.96. The van der Waals surface area contributed by atoms with Crippen LogP contribution in [0.4, 0.5) is 13.2 Å². The molecule has 1 saturated carbocycles. The molecule has 4 heteroatoms. The number of benzene rings is 1. The lowest BCUT2D eigenvalue weighted by Crippen LogP contribution is -2.11. The van der Waals surface area contributed by atoms with Crippen molar-refractivity contribution in [3.05, 3.63) is 35.1 Å². The maximum Gasteiger partial charge on any atom is 0.195 e. The fourth-order valence-corrected chi connectivity index (χ4v) is 2.69. The fraction of sp³-hybridized carbons (Fsp3) is 0.533. The zero-order valence-corrected chi connectivity index (χ0v) is 10.7. The third-order valence-electron chi connectivity index (χ3n) is 3.84. The second-order valence-corrected chi connectivity index (χ2v) is 5.19. The van der Waals surface area contributed by atoms with Crippen LogP contribution in [0.2, 0.25) is 0 Å². The van der Waals surface area contributed by atoms with Crippen LogP contribution >= 0.6 is 0 Å². The van der Waals surface area contributed by atoms with E-state index in [0.717, 1.165) is 25.0 Å². The number of hydrogen-bond acceptors (Lipinski definition) is 1. The molecule has 0 amide bonds.